The molecule has 1 heterocycles. The van der Waals surface area contributed by atoms with Crippen molar-refractivity contribution in [3.8, 4) is 5.75 Å². The number of amides is 1. The molecule has 1 aliphatic rings. The average Bonchev–Trinajstić information content (AvgIpc) is 2.36. The molecule has 1 aromatic rings. The summed E-state index contributed by atoms with van der Waals surface area (Å²) in [4.78, 5) is 13.4. The van der Waals surface area contributed by atoms with Crippen molar-refractivity contribution < 1.29 is 9.53 Å². The Morgan fingerprint density at radius 3 is 3.06 bits per heavy atom. The summed E-state index contributed by atoms with van der Waals surface area (Å²) in [6.45, 7) is 1.04. The first kappa shape index (κ1) is 12.4. The van der Waals surface area contributed by atoms with Gasteiger partial charge in [0, 0.05) is 0 Å². The molecule has 4 nitrogen and oxygen atoms in total. The van der Waals surface area contributed by atoms with Crippen molar-refractivity contribution >= 4 is 27.5 Å². The number of fused-ring (bicyclic) bond motifs is 1. The van der Waals surface area contributed by atoms with Crippen LogP contribution < -0.4 is 15.0 Å². The number of ether oxygens (including phenoxy) is 1. The third-order valence-corrected chi connectivity index (χ3v) is 3.25. The Balaban J connectivity index is 2.28. The predicted molar refractivity (Wildman–Crippen MR) is 70.8 cm³/mol. The number of halogens is 1. The van der Waals surface area contributed by atoms with Crippen molar-refractivity contribution in [3.63, 3.8) is 0 Å². The molecule has 1 amide bonds. The maximum Gasteiger partial charge on any atom is 0.265 e. The van der Waals surface area contributed by atoms with Crippen molar-refractivity contribution in [1.82, 2.24) is 5.32 Å². The summed E-state index contributed by atoms with van der Waals surface area (Å²) in [5.74, 6) is 0.761. The van der Waals surface area contributed by atoms with Crippen LogP contribution in [-0.2, 0) is 11.2 Å². The lowest BCUT2D eigenvalue weighted by atomic mass is 10.1. The van der Waals surface area contributed by atoms with Crippen molar-refractivity contribution in [2.75, 3.05) is 30.6 Å². The van der Waals surface area contributed by atoms with Gasteiger partial charge in [-0.2, -0.15) is 0 Å². The maximum absolute atomic E-state index is 11.7. The largest absolute Gasteiger partial charge is 0.482 e. The van der Waals surface area contributed by atoms with Crippen LogP contribution in [0.1, 0.15) is 5.56 Å². The number of likely N-dealkylation sites (N-methyl/N-ethyl adjacent to an activating group) is 1. The van der Waals surface area contributed by atoms with Crippen LogP contribution in [0, 0.1) is 0 Å². The van der Waals surface area contributed by atoms with E-state index in [1.165, 1.54) is 5.56 Å². The summed E-state index contributed by atoms with van der Waals surface area (Å²) in [5.41, 5.74) is 2.55. The molecule has 0 spiro atoms. The number of rotatable bonds is 4. The summed E-state index contributed by atoms with van der Waals surface area (Å²) < 4.78 is 5.40. The summed E-state index contributed by atoms with van der Waals surface area (Å²) >= 11 is 3.34. The summed E-state index contributed by atoms with van der Waals surface area (Å²) in [7, 11) is 1.93. The summed E-state index contributed by atoms with van der Waals surface area (Å²) in [6, 6.07) is 5.99. The first-order chi connectivity index (χ1) is 8.26. The van der Waals surface area contributed by atoms with Gasteiger partial charge in [-0.3, -0.25) is 9.69 Å². The highest BCUT2D eigenvalue weighted by molar-refractivity contribution is 9.09. The van der Waals surface area contributed by atoms with E-state index in [9.17, 15) is 4.79 Å². The van der Waals surface area contributed by atoms with Gasteiger partial charge in [0.1, 0.15) is 5.75 Å². The predicted octanol–water partition coefficient (Wildman–Crippen LogP) is 1.53. The molecule has 92 valence electrons. The normalized spacial score (nSPS) is 14.5. The van der Waals surface area contributed by atoms with Gasteiger partial charge in [-0.25, -0.2) is 0 Å². The molecule has 17 heavy (non-hydrogen) atoms. The molecule has 0 aliphatic carbocycles. The van der Waals surface area contributed by atoms with E-state index in [0.29, 0.717) is 5.45 Å². The Morgan fingerprint density at radius 2 is 2.35 bits per heavy atom. The van der Waals surface area contributed by atoms with Crippen LogP contribution in [0.4, 0.5) is 5.69 Å². The standard InChI is InChI=1S/C12H15BrN2O2/c1-14-5-4-9-2-3-11-10(6-9)15(8-13)12(16)7-17-11/h2-3,6,14H,4-5,7-8H2,1H3. The van der Waals surface area contributed by atoms with Crippen LogP contribution in [0.3, 0.4) is 0 Å². The SMILES string of the molecule is CNCCc1ccc2c(c1)N(CBr)C(=O)CO2. The second-order valence-corrected chi connectivity index (χ2v) is 4.39. The third-order valence-electron chi connectivity index (χ3n) is 2.75. The Morgan fingerprint density at radius 1 is 1.53 bits per heavy atom. The minimum atomic E-state index is -0.0138. The molecule has 1 N–H and O–H groups in total. The van der Waals surface area contributed by atoms with E-state index in [1.807, 2.05) is 25.2 Å². The van der Waals surface area contributed by atoms with Crippen LogP contribution in [0.2, 0.25) is 0 Å². The zero-order valence-electron chi connectivity index (χ0n) is 9.70. The number of benzene rings is 1. The number of alkyl halides is 1. The van der Waals surface area contributed by atoms with Gasteiger partial charge in [-0.1, -0.05) is 22.0 Å². The zero-order chi connectivity index (χ0) is 12.3. The quantitative estimate of drug-likeness (QED) is 0.677. The van der Waals surface area contributed by atoms with Gasteiger partial charge in [0.05, 0.1) is 11.1 Å². The van der Waals surface area contributed by atoms with E-state index in [-0.39, 0.29) is 12.5 Å². The Bertz CT molecular complexity index is 423. The molecule has 0 bridgehead atoms. The lowest BCUT2D eigenvalue weighted by Gasteiger charge is -2.28. The van der Waals surface area contributed by atoms with Gasteiger partial charge in [0.15, 0.2) is 6.61 Å². The summed E-state index contributed by atoms with van der Waals surface area (Å²) in [5, 5.41) is 3.11. The number of anilines is 1. The maximum atomic E-state index is 11.7. The van der Waals surface area contributed by atoms with E-state index in [1.54, 1.807) is 4.90 Å². The fraction of sp³-hybridized carbons (Fsp3) is 0.417. The van der Waals surface area contributed by atoms with E-state index in [2.05, 4.69) is 21.2 Å². The summed E-state index contributed by atoms with van der Waals surface area (Å²) in [6.07, 6.45) is 0.939. The van der Waals surface area contributed by atoms with Crippen molar-refractivity contribution in [1.29, 1.82) is 0 Å². The lowest BCUT2D eigenvalue weighted by Crippen LogP contribution is -2.37. The first-order valence-electron chi connectivity index (χ1n) is 5.53. The van der Waals surface area contributed by atoms with E-state index in [4.69, 9.17) is 4.74 Å². The van der Waals surface area contributed by atoms with E-state index >= 15 is 0 Å². The second-order valence-electron chi connectivity index (χ2n) is 3.89. The Hall–Kier alpha value is -1.07. The molecule has 0 saturated carbocycles. The van der Waals surface area contributed by atoms with E-state index < -0.39 is 0 Å². The van der Waals surface area contributed by atoms with Crippen LogP contribution in [-0.4, -0.2) is 31.6 Å². The molecule has 0 saturated heterocycles. The molecular formula is C12H15BrN2O2. The van der Waals surface area contributed by atoms with Crippen LogP contribution in [0.5, 0.6) is 5.75 Å². The number of carbonyl (C=O) groups is 1. The molecular weight excluding hydrogens is 284 g/mol. The number of hydrogen-bond acceptors (Lipinski definition) is 3. The molecule has 0 radical (unpaired) electrons. The monoisotopic (exact) mass is 298 g/mol. The molecule has 5 heteroatoms. The minimum Gasteiger partial charge on any atom is -0.482 e. The van der Waals surface area contributed by atoms with Crippen molar-refractivity contribution in [3.05, 3.63) is 23.8 Å². The smallest absolute Gasteiger partial charge is 0.265 e. The average molecular weight is 299 g/mol. The van der Waals surface area contributed by atoms with Crippen LogP contribution in [0.25, 0.3) is 0 Å². The molecule has 0 aromatic heterocycles. The molecule has 2 rings (SSSR count). The molecule has 1 aliphatic heterocycles. The Kier molecular flexibility index (Phi) is 4.02. The molecule has 0 fully saturated rings. The fourth-order valence-electron chi connectivity index (χ4n) is 1.80. The van der Waals surface area contributed by atoms with Gasteiger partial charge in [-0.15, -0.1) is 0 Å². The molecule has 0 atom stereocenters. The number of nitrogens with zero attached hydrogens (tertiary/aromatic N) is 1. The second kappa shape index (κ2) is 5.51. The highest BCUT2D eigenvalue weighted by atomic mass is 79.9. The topological polar surface area (TPSA) is 41.6 Å². The van der Waals surface area contributed by atoms with Gasteiger partial charge in [0.2, 0.25) is 0 Å². The fourth-order valence-corrected chi connectivity index (χ4v) is 2.35. The molecule has 1 aromatic carbocycles. The number of carbonyl (C=O) groups excluding carboxylic acids is 1. The van der Waals surface area contributed by atoms with E-state index in [0.717, 1.165) is 24.4 Å². The highest BCUT2D eigenvalue weighted by Crippen LogP contribution is 2.33. The van der Waals surface area contributed by atoms with Crippen LogP contribution in [0.15, 0.2) is 18.2 Å². The number of nitrogens with one attached hydrogen (secondary N) is 1. The van der Waals surface area contributed by atoms with Crippen molar-refractivity contribution in [2.24, 2.45) is 0 Å². The van der Waals surface area contributed by atoms with Gasteiger partial charge in [0.25, 0.3) is 5.91 Å². The van der Waals surface area contributed by atoms with Gasteiger partial charge in [-0.05, 0) is 37.7 Å². The number of hydrogen-bond donors (Lipinski definition) is 1. The first-order valence-corrected chi connectivity index (χ1v) is 6.65. The van der Waals surface area contributed by atoms with Crippen molar-refractivity contribution in [2.45, 2.75) is 6.42 Å². The van der Waals surface area contributed by atoms with Crippen LogP contribution >= 0.6 is 15.9 Å². The van der Waals surface area contributed by atoms with Gasteiger partial charge < -0.3 is 10.1 Å². The zero-order valence-corrected chi connectivity index (χ0v) is 11.3. The highest BCUT2D eigenvalue weighted by Gasteiger charge is 2.24. The minimum absolute atomic E-state index is 0.0138. The van der Waals surface area contributed by atoms with Gasteiger partial charge >= 0.3 is 0 Å². The lowest BCUT2D eigenvalue weighted by molar-refractivity contribution is -0.121. The molecule has 0 unspecified atom stereocenters. The third kappa shape index (κ3) is 2.61. The Labute approximate surface area is 109 Å².